The molecule has 1 rings (SSSR count). The molecule has 0 aromatic carbocycles. The minimum Gasteiger partial charge on any atom is -0.361 e. The Bertz CT molecular complexity index is 362. The fraction of sp³-hybridized carbons (Fsp3) is 0.667. The number of nitrogens with zero attached hydrogens (tertiary/aromatic N) is 2. The molecular formula is C12H21N3O2. The second-order valence-electron chi connectivity index (χ2n) is 4.37. The Kier molecular flexibility index (Phi) is 5.15. The van der Waals surface area contributed by atoms with Crippen molar-refractivity contribution in [3.05, 3.63) is 17.5 Å². The average Bonchev–Trinajstić information content (AvgIpc) is 2.70. The number of likely N-dealkylation sites (N-methyl/N-ethyl adjacent to an activating group) is 1. The number of hydrogen-bond acceptors (Lipinski definition) is 4. The summed E-state index contributed by atoms with van der Waals surface area (Å²) in [5.74, 6) is 0.704. The van der Waals surface area contributed by atoms with Crippen molar-refractivity contribution in [3.63, 3.8) is 0 Å². The van der Waals surface area contributed by atoms with Crippen LogP contribution in [0, 0.1) is 6.92 Å². The molecule has 0 aliphatic rings. The van der Waals surface area contributed by atoms with Gasteiger partial charge in [-0.1, -0.05) is 24.9 Å². The third-order valence-electron chi connectivity index (χ3n) is 2.64. The Morgan fingerprint density at radius 3 is 2.88 bits per heavy atom. The molecule has 1 aromatic heterocycles. The maximum atomic E-state index is 11.9. The molecule has 1 aromatic rings. The smallest absolute Gasteiger partial charge is 0.239 e. The van der Waals surface area contributed by atoms with E-state index in [1.54, 1.807) is 11.9 Å². The van der Waals surface area contributed by atoms with E-state index in [1.807, 2.05) is 13.0 Å². The van der Waals surface area contributed by atoms with Crippen molar-refractivity contribution >= 4 is 5.91 Å². The molecule has 0 aliphatic carbocycles. The van der Waals surface area contributed by atoms with Crippen LogP contribution < -0.4 is 5.73 Å². The van der Waals surface area contributed by atoms with Gasteiger partial charge in [0.2, 0.25) is 5.91 Å². The van der Waals surface area contributed by atoms with Crippen LogP contribution in [0.1, 0.15) is 37.6 Å². The number of carbonyl (C=O) groups is 1. The molecule has 17 heavy (non-hydrogen) atoms. The normalized spacial score (nSPS) is 12.5. The Hall–Kier alpha value is -1.36. The molecular weight excluding hydrogens is 218 g/mol. The van der Waals surface area contributed by atoms with Gasteiger partial charge in [-0.3, -0.25) is 4.79 Å². The average molecular weight is 239 g/mol. The van der Waals surface area contributed by atoms with E-state index in [9.17, 15) is 4.79 Å². The first-order valence-corrected chi connectivity index (χ1v) is 5.97. The summed E-state index contributed by atoms with van der Waals surface area (Å²) in [4.78, 5) is 13.5. The van der Waals surface area contributed by atoms with Gasteiger partial charge in [-0.15, -0.1) is 0 Å². The van der Waals surface area contributed by atoms with Gasteiger partial charge in [0.15, 0.2) is 0 Å². The van der Waals surface area contributed by atoms with Crippen LogP contribution in [0.3, 0.4) is 0 Å². The molecule has 0 aliphatic heterocycles. The molecule has 1 unspecified atom stereocenters. The van der Waals surface area contributed by atoms with E-state index in [4.69, 9.17) is 10.3 Å². The summed E-state index contributed by atoms with van der Waals surface area (Å²) in [6, 6.07) is 1.41. The van der Waals surface area contributed by atoms with Crippen LogP contribution in [0.25, 0.3) is 0 Å². The van der Waals surface area contributed by atoms with Gasteiger partial charge in [0, 0.05) is 13.1 Å². The van der Waals surface area contributed by atoms with E-state index in [0.29, 0.717) is 6.54 Å². The minimum absolute atomic E-state index is 0.0425. The molecule has 0 saturated carbocycles. The first kappa shape index (κ1) is 13.7. The molecule has 5 nitrogen and oxygen atoms in total. The molecule has 96 valence electrons. The zero-order valence-electron chi connectivity index (χ0n) is 10.8. The van der Waals surface area contributed by atoms with Crippen molar-refractivity contribution in [3.8, 4) is 0 Å². The van der Waals surface area contributed by atoms with Gasteiger partial charge < -0.3 is 15.2 Å². The van der Waals surface area contributed by atoms with Crippen LogP contribution in [0.15, 0.2) is 10.6 Å². The van der Waals surface area contributed by atoms with E-state index in [0.717, 1.165) is 30.7 Å². The number of amides is 1. The van der Waals surface area contributed by atoms with Gasteiger partial charge in [-0.05, 0) is 13.3 Å². The number of aromatic nitrogens is 1. The summed E-state index contributed by atoms with van der Waals surface area (Å²) < 4.78 is 4.95. The Morgan fingerprint density at radius 1 is 1.65 bits per heavy atom. The van der Waals surface area contributed by atoms with E-state index < -0.39 is 6.04 Å². The largest absolute Gasteiger partial charge is 0.361 e. The number of rotatable bonds is 6. The molecule has 5 heteroatoms. The summed E-state index contributed by atoms with van der Waals surface area (Å²) >= 11 is 0. The summed E-state index contributed by atoms with van der Waals surface area (Å²) in [7, 11) is 1.73. The second-order valence-corrected chi connectivity index (χ2v) is 4.37. The lowest BCUT2D eigenvalue weighted by Gasteiger charge is -2.20. The highest BCUT2D eigenvalue weighted by Crippen LogP contribution is 2.07. The molecule has 2 N–H and O–H groups in total. The Labute approximate surface area is 102 Å². The Morgan fingerprint density at radius 2 is 2.35 bits per heavy atom. The van der Waals surface area contributed by atoms with Crippen molar-refractivity contribution in [1.29, 1.82) is 0 Å². The second kappa shape index (κ2) is 6.39. The maximum absolute atomic E-state index is 11.9. The number of aryl methyl sites for hydroxylation is 1. The van der Waals surface area contributed by atoms with Crippen molar-refractivity contribution in [2.45, 2.75) is 45.7 Å². The van der Waals surface area contributed by atoms with E-state index in [1.165, 1.54) is 0 Å². The van der Waals surface area contributed by atoms with Gasteiger partial charge in [0.05, 0.1) is 12.6 Å². The molecule has 0 saturated heterocycles. The molecule has 1 heterocycles. The molecule has 1 amide bonds. The third-order valence-corrected chi connectivity index (χ3v) is 2.64. The van der Waals surface area contributed by atoms with Gasteiger partial charge in [0.1, 0.15) is 11.5 Å². The van der Waals surface area contributed by atoms with Crippen molar-refractivity contribution < 1.29 is 9.32 Å². The highest BCUT2D eigenvalue weighted by Gasteiger charge is 2.18. The van der Waals surface area contributed by atoms with Crippen molar-refractivity contribution in [1.82, 2.24) is 10.1 Å². The van der Waals surface area contributed by atoms with Gasteiger partial charge in [-0.2, -0.15) is 0 Å². The van der Waals surface area contributed by atoms with Crippen molar-refractivity contribution in [2.24, 2.45) is 5.73 Å². The maximum Gasteiger partial charge on any atom is 0.239 e. The highest BCUT2D eigenvalue weighted by atomic mass is 16.5. The predicted octanol–water partition coefficient (Wildman–Crippen LogP) is 1.46. The van der Waals surface area contributed by atoms with Gasteiger partial charge >= 0.3 is 0 Å². The molecule has 0 radical (unpaired) electrons. The van der Waals surface area contributed by atoms with Crippen LogP contribution in [0.4, 0.5) is 0 Å². The molecule has 0 fully saturated rings. The fourth-order valence-electron chi connectivity index (χ4n) is 1.64. The molecule has 0 bridgehead atoms. The van der Waals surface area contributed by atoms with Crippen LogP contribution in [-0.2, 0) is 11.3 Å². The standard InChI is InChI=1S/C12H21N3O2/c1-4-5-6-11(13)12(16)15(3)8-10-7-9(2)17-14-10/h7,11H,4-6,8,13H2,1-3H3. The monoisotopic (exact) mass is 239 g/mol. The lowest BCUT2D eigenvalue weighted by atomic mass is 10.1. The first-order chi connectivity index (χ1) is 8.04. The van der Waals surface area contributed by atoms with Crippen LogP contribution in [0.2, 0.25) is 0 Å². The van der Waals surface area contributed by atoms with Crippen molar-refractivity contribution in [2.75, 3.05) is 7.05 Å². The number of unbranched alkanes of at least 4 members (excludes halogenated alkanes) is 1. The first-order valence-electron chi connectivity index (χ1n) is 5.97. The molecule has 0 spiro atoms. The lowest BCUT2D eigenvalue weighted by molar-refractivity contribution is -0.132. The fourth-order valence-corrected chi connectivity index (χ4v) is 1.64. The number of nitrogens with two attached hydrogens (primary N) is 1. The van der Waals surface area contributed by atoms with Gasteiger partial charge in [0.25, 0.3) is 0 Å². The third kappa shape index (κ3) is 4.19. The summed E-state index contributed by atoms with van der Waals surface area (Å²) in [6.45, 7) is 4.35. The summed E-state index contributed by atoms with van der Waals surface area (Å²) in [5, 5.41) is 3.85. The number of hydrogen-bond donors (Lipinski definition) is 1. The zero-order valence-corrected chi connectivity index (χ0v) is 10.8. The summed E-state index contributed by atoms with van der Waals surface area (Å²) in [6.07, 6.45) is 2.76. The molecule has 1 atom stereocenters. The SMILES string of the molecule is CCCCC(N)C(=O)N(C)Cc1cc(C)on1. The van der Waals surface area contributed by atoms with Gasteiger partial charge in [-0.25, -0.2) is 0 Å². The minimum atomic E-state index is -0.409. The zero-order chi connectivity index (χ0) is 12.8. The Balaban J connectivity index is 2.46. The summed E-state index contributed by atoms with van der Waals surface area (Å²) in [5.41, 5.74) is 6.58. The highest BCUT2D eigenvalue weighted by molar-refractivity contribution is 5.81. The van der Waals surface area contributed by atoms with Crippen LogP contribution in [-0.4, -0.2) is 29.1 Å². The van der Waals surface area contributed by atoms with Crippen LogP contribution >= 0.6 is 0 Å². The van der Waals surface area contributed by atoms with Crippen LogP contribution in [0.5, 0.6) is 0 Å². The quantitative estimate of drug-likeness (QED) is 0.815. The number of carbonyl (C=O) groups excluding carboxylic acids is 1. The lowest BCUT2D eigenvalue weighted by Crippen LogP contribution is -2.41. The van der Waals surface area contributed by atoms with E-state index >= 15 is 0 Å². The topological polar surface area (TPSA) is 72.4 Å². The van der Waals surface area contributed by atoms with E-state index in [-0.39, 0.29) is 5.91 Å². The predicted molar refractivity (Wildman–Crippen MR) is 65.2 cm³/mol. The van der Waals surface area contributed by atoms with E-state index in [2.05, 4.69) is 12.1 Å².